The first-order valence-electron chi connectivity index (χ1n) is 6.24. The van der Waals surface area contributed by atoms with Gasteiger partial charge in [-0.1, -0.05) is 0 Å². The molecule has 1 unspecified atom stereocenters. The van der Waals surface area contributed by atoms with Crippen LogP contribution in [0.1, 0.15) is 24.1 Å². The van der Waals surface area contributed by atoms with Crippen molar-refractivity contribution in [3.63, 3.8) is 0 Å². The Morgan fingerprint density at radius 1 is 1.47 bits per heavy atom. The first kappa shape index (κ1) is 10.7. The van der Waals surface area contributed by atoms with E-state index in [0.29, 0.717) is 6.04 Å². The zero-order chi connectivity index (χ0) is 11.8. The van der Waals surface area contributed by atoms with Gasteiger partial charge in [-0.05, 0) is 50.4 Å². The fourth-order valence-electron chi connectivity index (χ4n) is 2.51. The SMILES string of the molecule is CNC(Cc1cc(C)cc2ncnn12)C1CC1. The number of aryl methyl sites for hydroxylation is 1. The van der Waals surface area contributed by atoms with Gasteiger partial charge in [0.1, 0.15) is 6.33 Å². The lowest BCUT2D eigenvalue weighted by atomic mass is 10.1. The summed E-state index contributed by atoms with van der Waals surface area (Å²) in [6.45, 7) is 2.11. The van der Waals surface area contributed by atoms with Crippen LogP contribution in [-0.4, -0.2) is 27.7 Å². The maximum absolute atomic E-state index is 4.30. The van der Waals surface area contributed by atoms with Crippen LogP contribution in [0.4, 0.5) is 0 Å². The molecule has 1 N–H and O–H groups in total. The van der Waals surface area contributed by atoms with Crippen LogP contribution in [-0.2, 0) is 6.42 Å². The number of aromatic nitrogens is 3. The summed E-state index contributed by atoms with van der Waals surface area (Å²) in [6.07, 6.45) is 5.38. The van der Waals surface area contributed by atoms with Gasteiger partial charge in [0.15, 0.2) is 5.65 Å². The highest BCUT2D eigenvalue weighted by molar-refractivity contribution is 5.41. The molecule has 0 aliphatic heterocycles. The van der Waals surface area contributed by atoms with Crippen LogP contribution in [0.15, 0.2) is 18.5 Å². The van der Waals surface area contributed by atoms with Crippen LogP contribution in [0.25, 0.3) is 5.65 Å². The van der Waals surface area contributed by atoms with E-state index >= 15 is 0 Å². The molecule has 1 fully saturated rings. The molecule has 3 rings (SSSR count). The summed E-state index contributed by atoms with van der Waals surface area (Å²) in [4.78, 5) is 4.27. The Labute approximate surface area is 101 Å². The Balaban J connectivity index is 1.95. The van der Waals surface area contributed by atoms with E-state index in [-0.39, 0.29) is 0 Å². The molecule has 2 aromatic rings. The minimum atomic E-state index is 0.573. The summed E-state index contributed by atoms with van der Waals surface area (Å²) in [5.41, 5.74) is 3.46. The standard InChI is InChI=1S/C13H18N4/c1-9-5-11(7-12(14-2)10-3-4-10)17-13(6-9)15-8-16-17/h5-6,8,10,12,14H,3-4,7H2,1-2H3. The van der Waals surface area contributed by atoms with Crippen molar-refractivity contribution in [2.45, 2.75) is 32.2 Å². The average molecular weight is 230 g/mol. The molecule has 2 aromatic heterocycles. The highest BCUT2D eigenvalue weighted by Crippen LogP contribution is 2.33. The van der Waals surface area contributed by atoms with Crippen molar-refractivity contribution in [3.05, 3.63) is 29.7 Å². The predicted octanol–water partition coefficient (Wildman–Crippen LogP) is 1.58. The molecule has 0 saturated heterocycles. The van der Waals surface area contributed by atoms with Gasteiger partial charge in [-0.2, -0.15) is 5.10 Å². The first-order valence-corrected chi connectivity index (χ1v) is 6.24. The van der Waals surface area contributed by atoms with Gasteiger partial charge >= 0.3 is 0 Å². The van der Waals surface area contributed by atoms with Crippen molar-refractivity contribution in [1.82, 2.24) is 19.9 Å². The van der Waals surface area contributed by atoms with E-state index in [0.717, 1.165) is 18.0 Å². The van der Waals surface area contributed by atoms with Crippen LogP contribution in [0.3, 0.4) is 0 Å². The lowest BCUT2D eigenvalue weighted by Gasteiger charge is -2.16. The summed E-state index contributed by atoms with van der Waals surface area (Å²) in [6, 6.07) is 4.86. The molecular formula is C13H18N4. The highest BCUT2D eigenvalue weighted by Gasteiger charge is 2.30. The van der Waals surface area contributed by atoms with E-state index in [2.05, 4.69) is 41.5 Å². The third-order valence-corrected chi connectivity index (χ3v) is 3.59. The molecule has 1 aliphatic rings. The van der Waals surface area contributed by atoms with E-state index in [9.17, 15) is 0 Å². The van der Waals surface area contributed by atoms with E-state index in [1.165, 1.54) is 24.1 Å². The van der Waals surface area contributed by atoms with Crippen molar-refractivity contribution >= 4 is 5.65 Å². The second kappa shape index (κ2) is 4.11. The lowest BCUT2D eigenvalue weighted by Crippen LogP contribution is -2.30. The number of hydrogen-bond acceptors (Lipinski definition) is 3. The monoisotopic (exact) mass is 230 g/mol. The average Bonchev–Trinajstić information content (AvgIpc) is 3.04. The summed E-state index contributed by atoms with van der Waals surface area (Å²) in [5.74, 6) is 0.846. The number of pyridine rings is 1. The molecule has 4 heteroatoms. The molecule has 17 heavy (non-hydrogen) atoms. The number of nitrogens with zero attached hydrogens (tertiary/aromatic N) is 3. The van der Waals surface area contributed by atoms with Gasteiger partial charge in [0.2, 0.25) is 0 Å². The fraction of sp³-hybridized carbons (Fsp3) is 0.538. The maximum Gasteiger partial charge on any atom is 0.155 e. The number of fused-ring (bicyclic) bond motifs is 1. The van der Waals surface area contributed by atoms with E-state index in [1.807, 2.05) is 4.52 Å². The van der Waals surface area contributed by atoms with Crippen LogP contribution in [0.2, 0.25) is 0 Å². The molecule has 4 nitrogen and oxygen atoms in total. The second-order valence-corrected chi connectivity index (χ2v) is 4.99. The minimum absolute atomic E-state index is 0.573. The van der Waals surface area contributed by atoms with Crippen molar-refractivity contribution in [2.24, 2.45) is 5.92 Å². The third-order valence-electron chi connectivity index (χ3n) is 3.59. The van der Waals surface area contributed by atoms with Gasteiger partial charge in [-0.25, -0.2) is 9.50 Å². The Morgan fingerprint density at radius 3 is 3.00 bits per heavy atom. The number of hydrogen-bond donors (Lipinski definition) is 1. The van der Waals surface area contributed by atoms with Crippen LogP contribution in [0, 0.1) is 12.8 Å². The van der Waals surface area contributed by atoms with Crippen LogP contribution in [0.5, 0.6) is 0 Å². The number of rotatable bonds is 4. The van der Waals surface area contributed by atoms with Crippen molar-refractivity contribution in [3.8, 4) is 0 Å². The van der Waals surface area contributed by atoms with Gasteiger partial charge in [-0.3, -0.25) is 0 Å². The van der Waals surface area contributed by atoms with Crippen molar-refractivity contribution in [1.29, 1.82) is 0 Å². The summed E-state index contributed by atoms with van der Waals surface area (Å²) < 4.78 is 1.96. The Hall–Kier alpha value is -1.42. The van der Waals surface area contributed by atoms with E-state index in [1.54, 1.807) is 6.33 Å². The van der Waals surface area contributed by atoms with Crippen molar-refractivity contribution in [2.75, 3.05) is 7.05 Å². The molecule has 0 radical (unpaired) electrons. The molecule has 0 amide bonds. The molecule has 0 aromatic carbocycles. The number of likely N-dealkylation sites (N-methyl/N-ethyl adjacent to an activating group) is 1. The Bertz CT molecular complexity index is 527. The van der Waals surface area contributed by atoms with Gasteiger partial charge in [-0.15, -0.1) is 0 Å². The minimum Gasteiger partial charge on any atom is -0.316 e. The van der Waals surface area contributed by atoms with Crippen molar-refractivity contribution < 1.29 is 0 Å². The topological polar surface area (TPSA) is 42.2 Å². The molecule has 0 spiro atoms. The first-order chi connectivity index (χ1) is 8.28. The van der Waals surface area contributed by atoms with E-state index in [4.69, 9.17) is 0 Å². The molecule has 1 atom stereocenters. The summed E-state index contributed by atoms with van der Waals surface area (Å²) >= 11 is 0. The quantitative estimate of drug-likeness (QED) is 0.867. The van der Waals surface area contributed by atoms with Gasteiger partial charge in [0.05, 0.1) is 0 Å². The van der Waals surface area contributed by atoms with Gasteiger partial charge in [0.25, 0.3) is 0 Å². The predicted molar refractivity (Wildman–Crippen MR) is 67.0 cm³/mol. The maximum atomic E-state index is 4.30. The second-order valence-electron chi connectivity index (χ2n) is 4.99. The number of nitrogens with one attached hydrogen (secondary N) is 1. The smallest absolute Gasteiger partial charge is 0.155 e. The Morgan fingerprint density at radius 2 is 2.29 bits per heavy atom. The lowest BCUT2D eigenvalue weighted by molar-refractivity contribution is 0.491. The van der Waals surface area contributed by atoms with Crippen LogP contribution < -0.4 is 5.32 Å². The zero-order valence-corrected chi connectivity index (χ0v) is 10.3. The van der Waals surface area contributed by atoms with Gasteiger partial charge in [0, 0.05) is 18.2 Å². The summed E-state index contributed by atoms with van der Waals surface area (Å²) in [5, 5.41) is 7.73. The molecular weight excluding hydrogens is 212 g/mol. The molecule has 1 saturated carbocycles. The largest absolute Gasteiger partial charge is 0.316 e. The van der Waals surface area contributed by atoms with Gasteiger partial charge < -0.3 is 5.32 Å². The normalized spacial score (nSPS) is 17.5. The molecule has 1 aliphatic carbocycles. The molecule has 90 valence electrons. The molecule has 2 heterocycles. The Kier molecular flexibility index (Phi) is 2.59. The van der Waals surface area contributed by atoms with Crippen LogP contribution >= 0.6 is 0 Å². The summed E-state index contributed by atoms with van der Waals surface area (Å²) in [7, 11) is 2.05. The highest BCUT2D eigenvalue weighted by atomic mass is 15.3. The molecule has 0 bridgehead atoms. The van der Waals surface area contributed by atoms with E-state index < -0.39 is 0 Å². The third kappa shape index (κ3) is 2.05. The fourth-order valence-corrected chi connectivity index (χ4v) is 2.51. The zero-order valence-electron chi connectivity index (χ0n) is 10.3.